The van der Waals surface area contributed by atoms with Gasteiger partial charge in [0, 0.05) is 26.2 Å². The molecule has 3 rings (SSSR count). The fourth-order valence-electron chi connectivity index (χ4n) is 2.77. The summed E-state index contributed by atoms with van der Waals surface area (Å²) in [6.45, 7) is 3.25. The molecular formula is C16H17FN6O2. The van der Waals surface area contributed by atoms with Gasteiger partial charge in [0.05, 0.1) is 19.5 Å². The minimum absolute atomic E-state index is 0.0274. The lowest BCUT2D eigenvalue weighted by Crippen LogP contribution is -2.47. The van der Waals surface area contributed by atoms with Crippen LogP contribution in [0, 0.1) is 17.1 Å². The van der Waals surface area contributed by atoms with Gasteiger partial charge in [-0.2, -0.15) is 5.26 Å². The molecule has 8 nitrogen and oxygen atoms in total. The van der Waals surface area contributed by atoms with E-state index in [0.717, 1.165) is 13.1 Å². The summed E-state index contributed by atoms with van der Waals surface area (Å²) >= 11 is 0. The second-order valence-electron chi connectivity index (χ2n) is 5.59. The molecule has 1 fully saturated rings. The van der Waals surface area contributed by atoms with Crippen LogP contribution in [0.5, 0.6) is 0 Å². The Balaban J connectivity index is 1.61. The zero-order valence-corrected chi connectivity index (χ0v) is 13.7. The van der Waals surface area contributed by atoms with E-state index in [4.69, 9.17) is 5.26 Å². The van der Waals surface area contributed by atoms with E-state index < -0.39 is 11.8 Å². The van der Waals surface area contributed by atoms with Crippen molar-refractivity contribution in [1.82, 2.24) is 19.7 Å². The van der Waals surface area contributed by atoms with Crippen LogP contribution in [0.2, 0.25) is 0 Å². The second kappa shape index (κ2) is 7.27. The molecule has 0 spiro atoms. The number of nitrogens with zero attached hydrogens (tertiary/aromatic N) is 6. The quantitative estimate of drug-likeness (QED) is 0.760. The zero-order valence-electron chi connectivity index (χ0n) is 13.7. The molecule has 0 amide bonds. The first-order chi connectivity index (χ1) is 12.1. The predicted molar refractivity (Wildman–Crippen MR) is 86.3 cm³/mol. The lowest BCUT2D eigenvalue weighted by atomic mass is 10.1. The number of ether oxygens (including phenoxy) is 1. The molecule has 1 aromatic heterocycles. The van der Waals surface area contributed by atoms with Gasteiger partial charge in [-0.25, -0.2) is 18.9 Å². The fraction of sp³-hybridized carbons (Fsp3) is 0.375. The van der Waals surface area contributed by atoms with Gasteiger partial charge in [0.1, 0.15) is 23.8 Å². The Kier molecular flexibility index (Phi) is 4.90. The Morgan fingerprint density at radius 1 is 1.36 bits per heavy atom. The Morgan fingerprint density at radius 2 is 2.12 bits per heavy atom. The third-order valence-electron chi connectivity index (χ3n) is 4.07. The molecule has 0 atom stereocenters. The van der Waals surface area contributed by atoms with Crippen molar-refractivity contribution in [2.45, 2.75) is 6.67 Å². The summed E-state index contributed by atoms with van der Waals surface area (Å²) in [5.74, 6) is -1.04. The fourth-order valence-corrected chi connectivity index (χ4v) is 2.77. The second-order valence-corrected chi connectivity index (χ2v) is 5.59. The van der Waals surface area contributed by atoms with Crippen LogP contribution in [-0.4, -0.2) is 58.9 Å². The van der Waals surface area contributed by atoms with E-state index in [0.29, 0.717) is 25.4 Å². The smallest absolute Gasteiger partial charge is 0.377 e. The largest absolute Gasteiger partial charge is 0.463 e. The highest BCUT2D eigenvalue weighted by molar-refractivity contribution is 5.84. The van der Waals surface area contributed by atoms with Crippen molar-refractivity contribution in [2.75, 3.05) is 38.2 Å². The number of halogens is 1. The van der Waals surface area contributed by atoms with Crippen LogP contribution >= 0.6 is 0 Å². The Morgan fingerprint density at radius 3 is 2.80 bits per heavy atom. The monoisotopic (exact) mass is 344 g/mol. The number of rotatable bonds is 4. The molecule has 0 bridgehead atoms. The van der Waals surface area contributed by atoms with Gasteiger partial charge < -0.3 is 9.64 Å². The molecule has 130 valence electrons. The highest BCUT2D eigenvalue weighted by Crippen LogP contribution is 2.23. The molecule has 0 unspecified atom stereocenters. The number of nitriles is 1. The molecule has 25 heavy (non-hydrogen) atoms. The topological polar surface area (TPSA) is 87.3 Å². The molecule has 9 heteroatoms. The van der Waals surface area contributed by atoms with Crippen LogP contribution in [0.3, 0.4) is 0 Å². The summed E-state index contributed by atoms with van der Waals surface area (Å²) in [6, 6.07) is 6.60. The van der Waals surface area contributed by atoms with Crippen molar-refractivity contribution < 1.29 is 13.9 Å². The first kappa shape index (κ1) is 16.9. The van der Waals surface area contributed by atoms with Gasteiger partial charge in [-0.15, -0.1) is 5.10 Å². The van der Waals surface area contributed by atoms with E-state index in [1.807, 2.05) is 11.0 Å². The van der Waals surface area contributed by atoms with E-state index in [2.05, 4.69) is 19.7 Å². The maximum Gasteiger partial charge on any atom is 0.377 e. The first-order valence-electron chi connectivity index (χ1n) is 7.76. The summed E-state index contributed by atoms with van der Waals surface area (Å²) in [4.78, 5) is 19.4. The molecule has 1 aromatic carbocycles. The van der Waals surface area contributed by atoms with Crippen molar-refractivity contribution in [3.63, 3.8) is 0 Å². The number of esters is 1. The average molecular weight is 344 g/mol. The number of anilines is 1. The minimum Gasteiger partial charge on any atom is -0.463 e. The minimum atomic E-state index is -0.571. The third-order valence-corrected chi connectivity index (χ3v) is 4.07. The molecule has 0 saturated carbocycles. The molecule has 0 aliphatic carbocycles. The van der Waals surface area contributed by atoms with Crippen molar-refractivity contribution in [1.29, 1.82) is 5.26 Å². The van der Waals surface area contributed by atoms with Gasteiger partial charge in [0.15, 0.2) is 0 Å². The van der Waals surface area contributed by atoms with E-state index in [1.165, 1.54) is 19.5 Å². The molecule has 1 aliphatic heterocycles. The highest BCUT2D eigenvalue weighted by atomic mass is 19.1. The normalized spacial score (nSPS) is 15.0. The standard InChI is InChI=1S/C16H17FN6O2/c1-25-16(24)15-19-10-23(20-15)11-21-5-7-22(8-6-21)14-4-2-3-13(17)12(14)9-18/h2-4,10H,5-8,11H2,1H3. The summed E-state index contributed by atoms with van der Waals surface area (Å²) in [6.07, 6.45) is 1.49. The lowest BCUT2D eigenvalue weighted by Gasteiger charge is -2.36. The summed E-state index contributed by atoms with van der Waals surface area (Å²) in [5, 5.41) is 13.2. The van der Waals surface area contributed by atoms with E-state index in [1.54, 1.807) is 16.8 Å². The van der Waals surface area contributed by atoms with E-state index in [9.17, 15) is 9.18 Å². The van der Waals surface area contributed by atoms with Gasteiger partial charge in [-0.3, -0.25) is 4.90 Å². The van der Waals surface area contributed by atoms with E-state index in [-0.39, 0.29) is 11.4 Å². The van der Waals surface area contributed by atoms with Gasteiger partial charge in [0.25, 0.3) is 5.82 Å². The van der Waals surface area contributed by atoms with Crippen LogP contribution in [0.1, 0.15) is 16.2 Å². The van der Waals surface area contributed by atoms with E-state index >= 15 is 0 Å². The van der Waals surface area contributed by atoms with Crippen LogP contribution in [-0.2, 0) is 11.4 Å². The predicted octanol–water partition coefficient (Wildman–Crippen LogP) is 0.855. The van der Waals surface area contributed by atoms with Crippen molar-refractivity contribution in [3.8, 4) is 6.07 Å². The van der Waals surface area contributed by atoms with Gasteiger partial charge >= 0.3 is 5.97 Å². The Labute approximate surface area is 144 Å². The van der Waals surface area contributed by atoms with Crippen LogP contribution in [0.4, 0.5) is 10.1 Å². The third kappa shape index (κ3) is 3.59. The Hall–Kier alpha value is -2.99. The number of piperazine rings is 1. The molecule has 1 aliphatic rings. The van der Waals surface area contributed by atoms with Gasteiger partial charge in [-0.1, -0.05) is 6.07 Å². The molecule has 0 radical (unpaired) electrons. The van der Waals surface area contributed by atoms with Crippen LogP contribution in [0.15, 0.2) is 24.5 Å². The number of carbonyl (C=O) groups excluding carboxylic acids is 1. The average Bonchev–Trinajstić information content (AvgIpc) is 3.10. The molecule has 1 saturated heterocycles. The van der Waals surface area contributed by atoms with Crippen molar-refractivity contribution >= 4 is 11.7 Å². The number of aromatic nitrogens is 3. The number of benzene rings is 1. The molecule has 2 aromatic rings. The van der Waals surface area contributed by atoms with Crippen molar-refractivity contribution in [2.24, 2.45) is 0 Å². The maximum atomic E-state index is 13.8. The van der Waals surface area contributed by atoms with Crippen LogP contribution in [0.25, 0.3) is 0 Å². The molecule has 2 heterocycles. The Bertz CT molecular complexity index is 807. The summed E-state index contributed by atoms with van der Waals surface area (Å²) < 4.78 is 19.9. The summed E-state index contributed by atoms with van der Waals surface area (Å²) in [5.41, 5.74) is 0.700. The lowest BCUT2D eigenvalue weighted by molar-refractivity contribution is 0.0585. The van der Waals surface area contributed by atoms with Crippen LogP contribution < -0.4 is 4.90 Å². The number of hydrogen-bond acceptors (Lipinski definition) is 7. The zero-order chi connectivity index (χ0) is 17.8. The number of methoxy groups -OCH3 is 1. The number of carbonyl (C=O) groups is 1. The maximum absolute atomic E-state index is 13.8. The molecule has 0 N–H and O–H groups in total. The summed E-state index contributed by atoms with van der Waals surface area (Å²) in [7, 11) is 1.28. The SMILES string of the molecule is COC(=O)c1ncn(CN2CCN(c3cccc(F)c3C#N)CC2)n1. The first-order valence-corrected chi connectivity index (χ1v) is 7.76. The van der Waals surface area contributed by atoms with Gasteiger partial charge in [0.2, 0.25) is 0 Å². The molecular weight excluding hydrogens is 327 g/mol. The van der Waals surface area contributed by atoms with Crippen molar-refractivity contribution in [3.05, 3.63) is 41.7 Å². The number of hydrogen-bond donors (Lipinski definition) is 0. The highest BCUT2D eigenvalue weighted by Gasteiger charge is 2.21. The van der Waals surface area contributed by atoms with Gasteiger partial charge in [-0.05, 0) is 12.1 Å².